The van der Waals surface area contributed by atoms with E-state index >= 15 is 0 Å². The average molecular weight is 391 g/mol. The van der Waals surface area contributed by atoms with Crippen molar-refractivity contribution in [2.45, 2.75) is 6.42 Å². The first-order chi connectivity index (χ1) is 11.1. The average Bonchev–Trinajstić information content (AvgIpc) is 2.85. The summed E-state index contributed by atoms with van der Waals surface area (Å²) in [4.78, 5) is 17.2. The van der Waals surface area contributed by atoms with Gasteiger partial charge in [0.2, 0.25) is 0 Å². The second kappa shape index (κ2) is 6.68. The lowest BCUT2D eigenvalue weighted by Gasteiger charge is -2.02. The molecule has 0 atom stereocenters. The number of aryl methyl sites for hydroxylation is 1. The standard InChI is InChI=1S/C17H15BrN2O2S/c1-20-16-13(18)7-4-8-14(16)23-17(20)19-15(21)10-11-5-3-6-12(9-11)22-2/h3-9H,10H2,1-2H3. The highest BCUT2D eigenvalue weighted by molar-refractivity contribution is 9.10. The van der Waals surface area contributed by atoms with Gasteiger partial charge in [-0.3, -0.25) is 4.79 Å². The van der Waals surface area contributed by atoms with E-state index in [1.807, 2.05) is 54.1 Å². The molecule has 0 saturated heterocycles. The normalized spacial score (nSPS) is 11.9. The van der Waals surface area contributed by atoms with Gasteiger partial charge in [-0.05, 0) is 45.8 Å². The van der Waals surface area contributed by atoms with E-state index in [-0.39, 0.29) is 12.3 Å². The van der Waals surface area contributed by atoms with Gasteiger partial charge < -0.3 is 9.30 Å². The first-order valence-electron chi connectivity index (χ1n) is 7.03. The van der Waals surface area contributed by atoms with Crippen molar-refractivity contribution in [2.75, 3.05) is 7.11 Å². The molecule has 0 N–H and O–H groups in total. The van der Waals surface area contributed by atoms with Gasteiger partial charge in [0.25, 0.3) is 5.91 Å². The summed E-state index contributed by atoms with van der Waals surface area (Å²) < 4.78 is 9.20. The van der Waals surface area contributed by atoms with Crippen LogP contribution in [0.5, 0.6) is 5.75 Å². The summed E-state index contributed by atoms with van der Waals surface area (Å²) >= 11 is 5.05. The molecule has 1 heterocycles. The van der Waals surface area contributed by atoms with Crippen LogP contribution in [-0.4, -0.2) is 17.6 Å². The molecule has 3 rings (SSSR count). The molecular formula is C17H15BrN2O2S. The third-order valence-electron chi connectivity index (χ3n) is 3.48. The number of ether oxygens (including phenoxy) is 1. The minimum Gasteiger partial charge on any atom is -0.497 e. The van der Waals surface area contributed by atoms with Gasteiger partial charge >= 0.3 is 0 Å². The van der Waals surface area contributed by atoms with Crippen LogP contribution in [0.3, 0.4) is 0 Å². The number of aromatic nitrogens is 1. The van der Waals surface area contributed by atoms with Gasteiger partial charge in [-0.15, -0.1) is 0 Å². The molecule has 0 aliphatic rings. The van der Waals surface area contributed by atoms with Crippen LogP contribution in [0.25, 0.3) is 10.2 Å². The Bertz CT molecular complexity index is 943. The van der Waals surface area contributed by atoms with E-state index in [1.54, 1.807) is 7.11 Å². The molecule has 1 aromatic heterocycles. The SMILES string of the molecule is COc1cccc(CC(=O)N=c2sc3cccc(Br)c3n2C)c1. The first-order valence-corrected chi connectivity index (χ1v) is 8.64. The predicted octanol–water partition coefficient (Wildman–Crippen LogP) is 3.68. The number of thiazole rings is 1. The molecule has 0 aliphatic heterocycles. The van der Waals surface area contributed by atoms with Crippen molar-refractivity contribution in [3.05, 3.63) is 57.3 Å². The molecule has 3 aromatic rings. The van der Waals surface area contributed by atoms with Gasteiger partial charge in [-0.25, -0.2) is 0 Å². The second-order valence-corrected chi connectivity index (χ2v) is 6.93. The summed E-state index contributed by atoms with van der Waals surface area (Å²) in [5.41, 5.74) is 1.94. The Hall–Kier alpha value is -1.92. The Balaban J connectivity index is 1.93. The number of carbonyl (C=O) groups is 1. The number of carbonyl (C=O) groups excluding carboxylic acids is 1. The Morgan fingerprint density at radius 1 is 1.30 bits per heavy atom. The maximum absolute atomic E-state index is 12.3. The fraction of sp³-hybridized carbons (Fsp3) is 0.176. The monoisotopic (exact) mass is 390 g/mol. The number of amides is 1. The van der Waals surface area contributed by atoms with Crippen LogP contribution >= 0.6 is 27.3 Å². The van der Waals surface area contributed by atoms with Crippen molar-refractivity contribution in [2.24, 2.45) is 12.0 Å². The molecule has 118 valence electrons. The number of halogens is 1. The van der Waals surface area contributed by atoms with Crippen molar-refractivity contribution in [1.29, 1.82) is 0 Å². The number of hydrogen-bond donors (Lipinski definition) is 0. The zero-order chi connectivity index (χ0) is 16.4. The van der Waals surface area contributed by atoms with Crippen LogP contribution in [0.15, 0.2) is 51.9 Å². The maximum Gasteiger partial charge on any atom is 0.252 e. The largest absolute Gasteiger partial charge is 0.497 e. The second-order valence-electron chi connectivity index (χ2n) is 5.06. The lowest BCUT2D eigenvalue weighted by atomic mass is 10.1. The topological polar surface area (TPSA) is 43.6 Å². The highest BCUT2D eigenvalue weighted by Gasteiger charge is 2.08. The maximum atomic E-state index is 12.3. The number of benzene rings is 2. The molecule has 0 spiro atoms. The number of methoxy groups -OCH3 is 1. The van der Waals surface area contributed by atoms with Gasteiger partial charge in [-0.2, -0.15) is 4.99 Å². The van der Waals surface area contributed by atoms with E-state index in [0.717, 1.165) is 26.0 Å². The molecule has 2 aromatic carbocycles. The van der Waals surface area contributed by atoms with Crippen molar-refractivity contribution < 1.29 is 9.53 Å². The smallest absolute Gasteiger partial charge is 0.252 e. The van der Waals surface area contributed by atoms with E-state index in [4.69, 9.17) is 4.74 Å². The van der Waals surface area contributed by atoms with Gasteiger partial charge in [0.05, 0.1) is 23.7 Å². The minimum atomic E-state index is -0.170. The third kappa shape index (κ3) is 3.38. The Kier molecular flexibility index (Phi) is 4.63. The van der Waals surface area contributed by atoms with Crippen LogP contribution in [-0.2, 0) is 18.3 Å². The van der Waals surface area contributed by atoms with E-state index < -0.39 is 0 Å². The Morgan fingerprint density at radius 3 is 2.83 bits per heavy atom. The van der Waals surface area contributed by atoms with E-state index in [9.17, 15) is 4.79 Å². The lowest BCUT2D eigenvalue weighted by molar-refractivity contribution is -0.117. The van der Waals surface area contributed by atoms with E-state index in [1.165, 1.54) is 11.3 Å². The predicted molar refractivity (Wildman–Crippen MR) is 95.8 cm³/mol. The lowest BCUT2D eigenvalue weighted by Crippen LogP contribution is -2.14. The molecule has 0 aliphatic carbocycles. The third-order valence-corrected chi connectivity index (χ3v) is 5.22. The van der Waals surface area contributed by atoms with Gasteiger partial charge in [0.15, 0.2) is 4.80 Å². The fourth-order valence-corrected chi connectivity index (χ4v) is 4.19. The number of nitrogens with zero attached hydrogens (tertiary/aromatic N) is 2. The van der Waals surface area contributed by atoms with Crippen molar-refractivity contribution in [1.82, 2.24) is 4.57 Å². The molecule has 23 heavy (non-hydrogen) atoms. The zero-order valence-corrected chi connectivity index (χ0v) is 15.1. The van der Waals surface area contributed by atoms with Crippen LogP contribution < -0.4 is 9.54 Å². The molecule has 0 fully saturated rings. The quantitative estimate of drug-likeness (QED) is 0.684. The van der Waals surface area contributed by atoms with Crippen molar-refractivity contribution in [3.63, 3.8) is 0 Å². The van der Waals surface area contributed by atoms with Gasteiger partial charge in [0, 0.05) is 11.5 Å². The zero-order valence-electron chi connectivity index (χ0n) is 12.7. The summed E-state index contributed by atoms with van der Waals surface area (Å²) in [6.07, 6.45) is 0.257. The van der Waals surface area contributed by atoms with Crippen LogP contribution in [0.1, 0.15) is 5.56 Å². The molecule has 0 unspecified atom stereocenters. The molecule has 4 nitrogen and oxygen atoms in total. The Labute approximate surface area is 146 Å². The number of hydrogen-bond acceptors (Lipinski definition) is 3. The number of fused-ring (bicyclic) bond motifs is 1. The van der Waals surface area contributed by atoms with Gasteiger partial charge in [-0.1, -0.05) is 29.5 Å². The summed E-state index contributed by atoms with van der Waals surface area (Å²) in [5.74, 6) is 0.572. The van der Waals surface area contributed by atoms with Crippen molar-refractivity contribution in [3.8, 4) is 5.75 Å². The van der Waals surface area contributed by atoms with Crippen LogP contribution in [0, 0.1) is 0 Å². The fourth-order valence-electron chi connectivity index (χ4n) is 2.37. The molecule has 0 bridgehead atoms. The van der Waals surface area contributed by atoms with E-state index in [0.29, 0.717) is 4.80 Å². The molecular weight excluding hydrogens is 376 g/mol. The summed E-state index contributed by atoms with van der Waals surface area (Å²) in [6.45, 7) is 0. The Morgan fingerprint density at radius 2 is 2.09 bits per heavy atom. The summed E-state index contributed by atoms with van der Waals surface area (Å²) in [6, 6.07) is 13.5. The number of para-hydroxylation sites is 1. The highest BCUT2D eigenvalue weighted by atomic mass is 79.9. The number of rotatable bonds is 3. The van der Waals surface area contributed by atoms with Crippen LogP contribution in [0.2, 0.25) is 0 Å². The minimum absolute atomic E-state index is 0.170. The molecule has 0 radical (unpaired) electrons. The molecule has 1 amide bonds. The summed E-state index contributed by atoms with van der Waals surface area (Å²) in [7, 11) is 3.53. The first kappa shape index (κ1) is 16.0. The van der Waals surface area contributed by atoms with Crippen LogP contribution in [0.4, 0.5) is 0 Å². The molecule has 6 heteroatoms. The van der Waals surface area contributed by atoms with Crippen molar-refractivity contribution >= 4 is 43.4 Å². The highest BCUT2D eigenvalue weighted by Crippen LogP contribution is 2.24. The van der Waals surface area contributed by atoms with E-state index in [2.05, 4.69) is 20.9 Å². The molecule has 0 saturated carbocycles. The van der Waals surface area contributed by atoms with Gasteiger partial charge in [0.1, 0.15) is 5.75 Å². The summed E-state index contributed by atoms with van der Waals surface area (Å²) in [5, 5.41) is 0.